The van der Waals surface area contributed by atoms with E-state index in [2.05, 4.69) is 20.9 Å². The second-order valence-electron chi connectivity index (χ2n) is 4.23. The monoisotopic (exact) mass is 338 g/mol. The molecule has 0 unspecified atom stereocenters. The van der Waals surface area contributed by atoms with Gasteiger partial charge in [-0.1, -0.05) is 23.7 Å². The van der Waals surface area contributed by atoms with Gasteiger partial charge in [0.2, 0.25) is 0 Å². The molecule has 0 saturated heterocycles. The van der Waals surface area contributed by atoms with Crippen LogP contribution in [0, 0.1) is 5.82 Å². The molecule has 0 amide bonds. The van der Waals surface area contributed by atoms with Gasteiger partial charge < -0.3 is 4.57 Å². The van der Waals surface area contributed by atoms with Crippen LogP contribution in [0.2, 0.25) is 5.02 Å². The topological polar surface area (TPSA) is 17.8 Å². The zero-order chi connectivity index (χ0) is 13.6. The number of hydrogen-bond acceptors (Lipinski definition) is 1. The molecule has 0 spiro atoms. The first-order chi connectivity index (χ1) is 9.08. The number of rotatable bonds is 1. The predicted molar refractivity (Wildman–Crippen MR) is 78.8 cm³/mol. The van der Waals surface area contributed by atoms with Crippen molar-refractivity contribution >= 4 is 38.6 Å². The van der Waals surface area contributed by atoms with Gasteiger partial charge in [-0.25, -0.2) is 9.37 Å². The molecular formula is C14H9BrClFN2. The van der Waals surface area contributed by atoms with Gasteiger partial charge in [-0.2, -0.15) is 0 Å². The highest BCUT2D eigenvalue weighted by Gasteiger charge is 2.14. The fourth-order valence-corrected chi connectivity index (χ4v) is 2.66. The van der Waals surface area contributed by atoms with Crippen LogP contribution in [0.4, 0.5) is 4.39 Å². The SMILES string of the molecule is Cn1c(-c2cc(Br)c(F)cc2Cl)nc2ccccc21. The highest BCUT2D eigenvalue weighted by atomic mass is 79.9. The van der Waals surface area contributed by atoms with Crippen molar-refractivity contribution in [2.75, 3.05) is 0 Å². The van der Waals surface area contributed by atoms with Crippen molar-refractivity contribution < 1.29 is 4.39 Å². The van der Waals surface area contributed by atoms with Crippen LogP contribution in [0.1, 0.15) is 0 Å². The number of fused-ring (bicyclic) bond motifs is 1. The van der Waals surface area contributed by atoms with Crippen LogP contribution in [-0.2, 0) is 7.05 Å². The van der Waals surface area contributed by atoms with Crippen molar-refractivity contribution in [3.63, 3.8) is 0 Å². The van der Waals surface area contributed by atoms with Gasteiger partial charge in [-0.05, 0) is 40.2 Å². The Kier molecular flexibility index (Phi) is 3.07. The van der Waals surface area contributed by atoms with Crippen LogP contribution in [0.5, 0.6) is 0 Å². The maximum Gasteiger partial charge on any atom is 0.142 e. The van der Waals surface area contributed by atoms with E-state index in [1.165, 1.54) is 6.07 Å². The maximum absolute atomic E-state index is 13.4. The molecule has 96 valence electrons. The Morgan fingerprint density at radius 2 is 2.00 bits per heavy atom. The van der Waals surface area contributed by atoms with E-state index in [0.29, 0.717) is 20.9 Å². The third kappa shape index (κ3) is 2.05. The average Bonchev–Trinajstić information content (AvgIpc) is 2.72. The second kappa shape index (κ2) is 4.62. The van der Waals surface area contributed by atoms with Crippen molar-refractivity contribution in [1.29, 1.82) is 0 Å². The lowest BCUT2D eigenvalue weighted by Crippen LogP contribution is -1.94. The number of nitrogens with zero attached hydrogens (tertiary/aromatic N) is 2. The third-order valence-electron chi connectivity index (χ3n) is 3.04. The van der Waals surface area contributed by atoms with E-state index in [1.807, 2.05) is 35.9 Å². The molecular weight excluding hydrogens is 331 g/mol. The average molecular weight is 340 g/mol. The number of imidazole rings is 1. The molecule has 19 heavy (non-hydrogen) atoms. The standard InChI is InChI=1S/C14H9BrClFN2/c1-19-13-5-3-2-4-12(13)18-14(19)8-6-9(15)11(17)7-10(8)16/h2-7H,1H3. The van der Waals surface area contributed by atoms with Gasteiger partial charge >= 0.3 is 0 Å². The van der Waals surface area contributed by atoms with E-state index in [0.717, 1.165) is 11.0 Å². The van der Waals surface area contributed by atoms with Crippen molar-refractivity contribution in [2.24, 2.45) is 7.05 Å². The summed E-state index contributed by atoms with van der Waals surface area (Å²) in [5.41, 5.74) is 2.60. The maximum atomic E-state index is 13.4. The first kappa shape index (κ1) is 12.6. The summed E-state index contributed by atoms with van der Waals surface area (Å²) in [4.78, 5) is 4.55. The summed E-state index contributed by atoms with van der Waals surface area (Å²) in [6.45, 7) is 0. The van der Waals surface area contributed by atoms with Crippen LogP contribution < -0.4 is 0 Å². The number of aryl methyl sites for hydroxylation is 1. The molecule has 2 aromatic carbocycles. The Morgan fingerprint density at radius 3 is 2.74 bits per heavy atom. The zero-order valence-corrected chi connectivity index (χ0v) is 12.3. The minimum atomic E-state index is -0.382. The van der Waals surface area contributed by atoms with Crippen LogP contribution in [-0.4, -0.2) is 9.55 Å². The molecule has 3 aromatic rings. The summed E-state index contributed by atoms with van der Waals surface area (Å²) < 4.78 is 15.7. The number of para-hydroxylation sites is 2. The largest absolute Gasteiger partial charge is 0.327 e. The van der Waals surface area contributed by atoms with Gasteiger partial charge in [-0.15, -0.1) is 0 Å². The molecule has 0 N–H and O–H groups in total. The van der Waals surface area contributed by atoms with Gasteiger partial charge in [-0.3, -0.25) is 0 Å². The molecule has 0 radical (unpaired) electrons. The van der Waals surface area contributed by atoms with Crippen LogP contribution in [0.15, 0.2) is 40.9 Å². The van der Waals surface area contributed by atoms with Crippen LogP contribution in [0.25, 0.3) is 22.4 Å². The van der Waals surface area contributed by atoms with E-state index in [4.69, 9.17) is 11.6 Å². The van der Waals surface area contributed by atoms with Gasteiger partial charge in [0.1, 0.15) is 11.6 Å². The molecule has 3 rings (SSSR count). The number of aromatic nitrogens is 2. The Labute approximate surface area is 123 Å². The zero-order valence-electron chi connectivity index (χ0n) is 9.99. The summed E-state index contributed by atoms with van der Waals surface area (Å²) >= 11 is 9.30. The minimum absolute atomic E-state index is 0.346. The van der Waals surface area contributed by atoms with E-state index in [9.17, 15) is 4.39 Å². The molecule has 1 aromatic heterocycles. The first-order valence-electron chi connectivity index (χ1n) is 5.64. The first-order valence-corrected chi connectivity index (χ1v) is 6.81. The molecule has 0 bridgehead atoms. The van der Waals surface area contributed by atoms with Gasteiger partial charge in [0.25, 0.3) is 0 Å². The highest BCUT2D eigenvalue weighted by molar-refractivity contribution is 9.10. The summed E-state index contributed by atoms with van der Waals surface area (Å²) in [5.74, 6) is 0.333. The minimum Gasteiger partial charge on any atom is -0.327 e. The lowest BCUT2D eigenvalue weighted by Gasteiger charge is -2.06. The normalized spacial score (nSPS) is 11.2. The van der Waals surface area contributed by atoms with E-state index in [-0.39, 0.29) is 5.82 Å². The van der Waals surface area contributed by atoms with Crippen molar-refractivity contribution in [2.45, 2.75) is 0 Å². The fourth-order valence-electron chi connectivity index (χ4n) is 2.08. The molecule has 5 heteroatoms. The molecule has 0 aliphatic heterocycles. The van der Waals surface area contributed by atoms with Gasteiger partial charge in [0.05, 0.1) is 20.5 Å². The smallest absolute Gasteiger partial charge is 0.142 e. The Morgan fingerprint density at radius 1 is 1.26 bits per heavy atom. The lowest BCUT2D eigenvalue weighted by molar-refractivity contribution is 0.621. The Balaban J connectivity index is 2.30. The second-order valence-corrected chi connectivity index (χ2v) is 5.49. The molecule has 2 nitrogen and oxygen atoms in total. The predicted octanol–water partition coefficient (Wildman–Crippen LogP) is 4.80. The molecule has 0 saturated carbocycles. The van der Waals surface area contributed by atoms with Crippen molar-refractivity contribution in [3.8, 4) is 11.4 Å². The van der Waals surface area contributed by atoms with Crippen molar-refractivity contribution in [1.82, 2.24) is 9.55 Å². The van der Waals surface area contributed by atoms with Crippen LogP contribution in [0.3, 0.4) is 0 Å². The lowest BCUT2D eigenvalue weighted by atomic mass is 10.2. The molecule has 0 atom stereocenters. The molecule has 0 aliphatic rings. The Hall–Kier alpha value is -1.39. The quantitative estimate of drug-likeness (QED) is 0.583. The molecule has 1 heterocycles. The van der Waals surface area contributed by atoms with Gasteiger partial charge in [0, 0.05) is 12.6 Å². The van der Waals surface area contributed by atoms with Gasteiger partial charge in [0.15, 0.2) is 0 Å². The van der Waals surface area contributed by atoms with E-state index in [1.54, 1.807) is 6.07 Å². The Bertz CT molecular complexity index is 782. The highest BCUT2D eigenvalue weighted by Crippen LogP contribution is 2.33. The molecule has 0 fully saturated rings. The number of halogens is 3. The number of benzene rings is 2. The summed E-state index contributed by atoms with van der Waals surface area (Å²) in [6.07, 6.45) is 0. The fraction of sp³-hybridized carbons (Fsp3) is 0.0714. The number of hydrogen-bond donors (Lipinski definition) is 0. The third-order valence-corrected chi connectivity index (χ3v) is 3.96. The van der Waals surface area contributed by atoms with Crippen LogP contribution >= 0.6 is 27.5 Å². The summed E-state index contributed by atoms with van der Waals surface area (Å²) in [7, 11) is 1.91. The molecule has 0 aliphatic carbocycles. The van der Waals surface area contributed by atoms with Crippen molar-refractivity contribution in [3.05, 3.63) is 51.7 Å². The summed E-state index contributed by atoms with van der Waals surface area (Å²) in [5, 5.41) is 0.346. The van der Waals surface area contributed by atoms with E-state index >= 15 is 0 Å². The van der Waals surface area contributed by atoms with E-state index < -0.39 is 0 Å². The summed E-state index contributed by atoms with van der Waals surface area (Å²) in [6, 6.07) is 10.8.